The molecular formula is C11H23NO3. The normalized spacial score (nSPS) is 14.7. The van der Waals surface area contributed by atoms with Gasteiger partial charge in [0.05, 0.1) is 20.1 Å². The van der Waals surface area contributed by atoms with Crippen molar-refractivity contribution in [1.82, 2.24) is 5.32 Å². The standard InChI is InChI=1S/C11H23NO3/c1-5-6-10(8-14-3)12-9(2)7-11(13)15-4/h9-10,12H,5-8H2,1-4H3. The summed E-state index contributed by atoms with van der Waals surface area (Å²) in [4.78, 5) is 11.0. The number of esters is 1. The number of carbonyl (C=O) groups is 1. The molecule has 90 valence electrons. The number of methoxy groups -OCH3 is 2. The lowest BCUT2D eigenvalue weighted by Crippen LogP contribution is -2.40. The molecule has 0 aromatic rings. The SMILES string of the molecule is CCCC(COC)NC(C)CC(=O)OC. The Morgan fingerprint density at radius 3 is 2.53 bits per heavy atom. The van der Waals surface area contributed by atoms with E-state index in [9.17, 15) is 4.79 Å². The Morgan fingerprint density at radius 2 is 2.07 bits per heavy atom. The van der Waals surface area contributed by atoms with Gasteiger partial charge in [-0.2, -0.15) is 0 Å². The van der Waals surface area contributed by atoms with E-state index in [4.69, 9.17) is 4.74 Å². The molecular weight excluding hydrogens is 194 g/mol. The summed E-state index contributed by atoms with van der Waals surface area (Å²) in [6.45, 7) is 4.80. The minimum absolute atomic E-state index is 0.129. The highest BCUT2D eigenvalue weighted by atomic mass is 16.5. The second-order valence-electron chi connectivity index (χ2n) is 3.79. The lowest BCUT2D eigenvalue weighted by Gasteiger charge is -2.21. The van der Waals surface area contributed by atoms with E-state index in [1.807, 2.05) is 6.92 Å². The molecule has 4 heteroatoms. The van der Waals surface area contributed by atoms with E-state index in [2.05, 4.69) is 17.0 Å². The fourth-order valence-corrected chi connectivity index (χ4v) is 1.56. The summed E-state index contributed by atoms with van der Waals surface area (Å²) >= 11 is 0. The fraction of sp³-hybridized carbons (Fsp3) is 0.909. The zero-order chi connectivity index (χ0) is 11.7. The first-order chi connectivity index (χ1) is 7.13. The molecule has 0 radical (unpaired) electrons. The van der Waals surface area contributed by atoms with Crippen LogP contribution in [0.3, 0.4) is 0 Å². The Hall–Kier alpha value is -0.610. The summed E-state index contributed by atoms with van der Waals surface area (Å²) in [5, 5.41) is 3.36. The second kappa shape index (κ2) is 8.68. The third-order valence-electron chi connectivity index (χ3n) is 2.23. The quantitative estimate of drug-likeness (QED) is 0.623. The summed E-state index contributed by atoms with van der Waals surface area (Å²) in [6.07, 6.45) is 2.56. The molecule has 2 unspecified atom stereocenters. The summed E-state index contributed by atoms with van der Waals surface area (Å²) in [5.41, 5.74) is 0. The van der Waals surface area contributed by atoms with Gasteiger partial charge in [0.1, 0.15) is 0 Å². The summed E-state index contributed by atoms with van der Waals surface area (Å²) in [6, 6.07) is 0.448. The largest absolute Gasteiger partial charge is 0.469 e. The molecule has 0 amide bonds. The highest BCUT2D eigenvalue weighted by Crippen LogP contribution is 2.01. The first kappa shape index (κ1) is 14.4. The van der Waals surface area contributed by atoms with Crippen LogP contribution in [0.15, 0.2) is 0 Å². The van der Waals surface area contributed by atoms with Gasteiger partial charge in [0.25, 0.3) is 0 Å². The Morgan fingerprint density at radius 1 is 1.40 bits per heavy atom. The maximum Gasteiger partial charge on any atom is 0.307 e. The van der Waals surface area contributed by atoms with Gasteiger partial charge in [-0.05, 0) is 13.3 Å². The molecule has 0 heterocycles. The van der Waals surface area contributed by atoms with Crippen molar-refractivity contribution in [3.63, 3.8) is 0 Å². The third-order valence-corrected chi connectivity index (χ3v) is 2.23. The molecule has 1 N–H and O–H groups in total. The molecule has 0 aliphatic rings. The fourth-order valence-electron chi connectivity index (χ4n) is 1.56. The summed E-state index contributed by atoms with van der Waals surface area (Å²) < 4.78 is 9.72. The van der Waals surface area contributed by atoms with Gasteiger partial charge in [0.15, 0.2) is 0 Å². The van der Waals surface area contributed by atoms with Crippen molar-refractivity contribution in [1.29, 1.82) is 0 Å². The molecule has 0 aromatic heterocycles. The average molecular weight is 217 g/mol. The first-order valence-corrected chi connectivity index (χ1v) is 5.45. The predicted molar refractivity (Wildman–Crippen MR) is 59.8 cm³/mol. The topological polar surface area (TPSA) is 47.6 Å². The van der Waals surface area contributed by atoms with Gasteiger partial charge in [-0.3, -0.25) is 4.79 Å². The van der Waals surface area contributed by atoms with Crippen LogP contribution in [-0.2, 0) is 14.3 Å². The Labute approximate surface area is 92.3 Å². The van der Waals surface area contributed by atoms with E-state index in [0.717, 1.165) is 12.8 Å². The zero-order valence-electron chi connectivity index (χ0n) is 10.2. The summed E-state index contributed by atoms with van der Waals surface area (Å²) in [7, 11) is 3.10. The highest BCUT2D eigenvalue weighted by molar-refractivity contribution is 5.69. The number of rotatable bonds is 8. The van der Waals surface area contributed by atoms with Gasteiger partial charge in [-0.1, -0.05) is 13.3 Å². The van der Waals surface area contributed by atoms with Gasteiger partial charge >= 0.3 is 5.97 Å². The van der Waals surface area contributed by atoms with Crippen LogP contribution in [0.25, 0.3) is 0 Å². The molecule has 0 spiro atoms. The number of hydrogen-bond donors (Lipinski definition) is 1. The monoisotopic (exact) mass is 217 g/mol. The molecule has 0 aromatic carbocycles. The van der Waals surface area contributed by atoms with E-state index >= 15 is 0 Å². The van der Waals surface area contributed by atoms with Crippen LogP contribution < -0.4 is 5.32 Å². The highest BCUT2D eigenvalue weighted by Gasteiger charge is 2.14. The maximum atomic E-state index is 11.0. The molecule has 15 heavy (non-hydrogen) atoms. The molecule has 0 fully saturated rings. The molecule has 2 atom stereocenters. The molecule has 0 aliphatic carbocycles. The Kier molecular flexibility index (Phi) is 8.33. The van der Waals surface area contributed by atoms with Gasteiger partial charge in [0, 0.05) is 19.2 Å². The van der Waals surface area contributed by atoms with Gasteiger partial charge in [0.2, 0.25) is 0 Å². The zero-order valence-corrected chi connectivity index (χ0v) is 10.2. The average Bonchev–Trinajstić information content (AvgIpc) is 2.18. The Bertz CT molecular complexity index is 167. The molecule has 0 rings (SSSR count). The predicted octanol–water partition coefficient (Wildman–Crippen LogP) is 1.34. The van der Waals surface area contributed by atoms with E-state index < -0.39 is 0 Å². The molecule has 0 aliphatic heterocycles. The number of carbonyl (C=O) groups excluding carboxylic acids is 1. The van der Waals surface area contributed by atoms with Gasteiger partial charge < -0.3 is 14.8 Å². The van der Waals surface area contributed by atoms with Crippen molar-refractivity contribution >= 4 is 5.97 Å². The lowest BCUT2D eigenvalue weighted by molar-refractivity contribution is -0.141. The van der Waals surface area contributed by atoms with Crippen molar-refractivity contribution < 1.29 is 14.3 Å². The van der Waals surface area contributed by atoms with Crippen molar-refractivity contribution in [2.24, 2.45) is 0 Å². The molecule has 0 saturated carbocycles. The van der Waals surface area contributed by atoms with Crippen molar-refractivity contribution in [3.8, 4) is 0 Å². The van der Waals surface area contributed by atoms with Crippen molar-refractivity contribution in [3.05, 3.63) is 0 Å². The number of hydrogen-bond acceptors (Lipinski definition) is 4. The number of nitrogens with one attached hydrogen (secondary N) is 1. The molecule has 4 nitrogen and oxygen atoms in total. The van der Waals surface area contributed by atoms with Gasteiger partial charge in [-0.25, -0.2) is 0 Å². The van der Waals surface area contributed by atoms with E-state index in [-0.39, 0.29) is 12.0 Å². The van der Waals surface area contributed by atoms with Crippen LogP contribution in [0.5, 0.6) is 0 Å². The van der Waals surface area contributed by atoms with Crippen LogP contribution in [0.2, 0.25) is 0 Å². The lowest BCUT2D eigenvalue weighted by atomic mass is 10.1. The number of ether oxygens (including phenoxy) is 2. The van der Waals surface area contributed by atoms with Crippen LogP contribution in [0, 0.1) is 0 Å². The maximum absolute atomic E-state index is 11.0. The Balaban J connectivity index is 3.87. The van der Waals surface area contributed by atoms with Crippen LogP contribution in [0.1, 0.15) is 33.1 Å². The molecule has 0 bridgehead atoms. The van der Waals surface area contributed by atoms with E-state index in [0.29, 0.717) is 19.1 Å². The molecule has 0 saturated heterocycles. The van der Waals surface area contributed by atoms with E-state index in [1.54, 1.807) is 7.11 Å². The third kappa shape index (κ3) is 7.33. The minimum atomic E-state index is -0.178. The summed E-state index contributed by atoms with van der Waals surface area (Å²) in [5.74, 6) is -0.178. The van der Waals surface area contributed by atoms with Gasteiger partial charge in [-0.15, -0.1) is 0 Å². The smallest absolute Gasteiger partial charge is 0.307 e. The van der Waals surface area contributed by atoms with Crippen LogP contribution >= 0.6 is 0 Å². The van der Waals surface area contributed by atoms with Crippen LogP contribution in [0.4, 0.5) is 0 Å². The van der Waals surface area contributed by atoms with Crippen LogP contribution in [-0.4, -0.2) is 38.9 Å². The minimum Gasteiger partial charge on any atom is -0.469 e. The van der Waals surface area contributed by atoms with E-state index in [1.165, 1.54) is 7.11 Å². The second-order valence-corrected chi connectivity index (χ2v) is 3.79. The van der Waals surface area contributed by atoms with Crippen molar-refractivity contribution in [2.45, 2.75) is 45.2 Å². The first-order valence-electron chi connectivity index (χ1n) is 5.45. The van der Waals surface area contributed by atoms with Crippen molar-refractivity contribution in [2.75, 3.05) is 20.8 Å².